The number of hydrogen-bond acceptors (Lipinski definition) is 4. The molecule has 178 valence electrons. The maximum absolute atomic E-state index is 13.2. The van der Waals surface area contributed by atoms with Gasteiger partial charge in [-0.1, -0.05) is 121 Å². The third-order valence-corrected chi connectivity index (χ3v) is 15.1. The van der Waals surface area contributed by atoms with Crippen LogP contribution in [0.15, 0.2) is 121 Å². The Morgan fingerprint density at radius 1 is 0.657 bits per heavy atom. The molecule has 4 aromatic carbocycles. The van der Waals surface area contributed by atoms with E-state index in [0.717, 1.165) is 0 Å². The van der Waals surface area contributed by atoms with E-state index in [1.807, 2.05) is 30.4 Å². The predicted molar refractivity (Wildman–Crippen MR) is 159 cm³/mol. The first-order valence-corrected chi connectivity index (χ1v) is 17.3. The maximum atomic E-state index is 13.2. The Morgan fingerprint density at radius 2 is 1.03 bits per heavy atom. The summed E-state index contributed by atoms with van der Waals surface area (Å²) in [5.74, 6) is 0.567. The van der Waals surface area contributed by atoms with Crippen LogP contribution in [-0.2, 0) is 9.53 Å². The van der Waals surface area contributed by atoms with E-state index >= 15 is 0 Å². The molecule has 1 atom stereocenters. The van der Waals surface area contributed by atoms with Crippen LogP contribution in [0.5, 0.6) is 0 Å². The zero-order valence-corrected chi connectivity index (χ0v) is 23.0. The molecular weight excluding hydrogens is 506 g/mol. The van der Waals surface area contributed by atoms with Crippen LogP contribution < -0.4 is 21.2 Å². The SMILES string of the molecule is CCOC(=O)C(CSP(c1ccccc1)c1ccccc1)SP(c1ccccc1)c1ccccc1. The van der Waals surface area contributed by atoms with Gasteiger partial charge in [0.05, 0.1) is 6.61 Å². The Labute approximate surface area is 218 Å². The topological polar surface area (TPSA) is 26.3 Å². The van der Waals surface area contributed by atoms with Crippen molar-refractivity contribution in [2.24, 2.45) is 0 Å². The van der Waals surface area contributed by atoms with Gasteiger partial charge in [0.1, 0.15) is 5.25 Å². The van der Waals surface area contributed by atoms with Crippen molar-refractivity contribution in [1.82, 2.24) is 0 Å². The molecule has 0 radical (unpaired) electrons. The summed E-state index contributed by atoms with van der Waals surface area (Å²) < 4.78 is 5.56. The standard InChI is InChI=1S/C29H28O2P2S2/c1-2-31-29(30)28(35-33(26-19-11-5-12-20-26)27-21-13-6-14-22-27)23-34-32(24-15-7-3-8-16-24)25-17-9-4-10-18-25/h3-22,28H,2,23H2,1H3. The summed E-state index contributed by atoms with van der Waals surface area (Å²) in [6, 6.07) is 42.3. The number of rotatable bonds is 11. The first-order valence-electron chi connectivity index (χ1n) is 11.5. The minimum Gasteiger partial charge on any atom is -0.465 e. The number of carbonyl (C=O) groups excluding carboxylic acids is 1. The Morgan fingerprint density at radius 3 is 1.40 bits per heavy atom. The van der Waals surface area contributed by atoms with Gasteiger partial charge in [0.15, 0.2) is 0 Å². The van der Waals surface area contributed by atoms with Crippen molar-refractivity contribution in [2.75, 3.05) is 12.4 Å². The van der Waals surface area contributed by atoms with Gasteiger partial charge in [-0.25, -0.2) is 0 Å². The van der Waals surface area contributed by atoms with E-state index in [1.165, 1.54) is 21.2 Å². The molecule has 6 heteroatoms. The van der Waals surface area contributed by atoms with Crippen LogP contribution in [0.3, 0.4) is 0 Å². The van der Waals surface area contributed by atoms with Crippen molar-refractivity contribution in [3.63, 3.8) is 0 Å². The summed E-state index contributed by atoms with van der Waals surface area (Å²) in [5.41, 5.74) is 0. The Hall–Kier alpha value is -2.09. The van der Waals surface area contributed by atoms with E-state index < -0.39 is 14.2 Å². The average molecular weight is 535 g/mol. The zero-order chi connectivity index (χ0) is 24.3. The van der Waals surface area contributed by atoms with Gasteiger partial charge in [0, 0.05) is 20.0 Å². The highest BCUT2D eigenvalue weighted by Gasteiger charge is 2.29. The van der Waals surface area contributed by atoms with E-state index in [9.17, 15) is 4.79 Å². The normalized spacial score (nSPS) is 12.0. The Kier molecular flexibility index (Phi) is 10.3. The third kappa shape index (κ3) is 7.45. The molecule has 0 saturated heterocycles. The van der Waals surface area contributed by atoms with E-state index in [4.69, 9.17) is 4.74 Å². The monoisotopic (exact) mass is 534 g/mol. The number of carbonyl (C=O) groups is 1. The first-order chi connectivity index (χ1) is 17.3. The van der Waals surface area contributed by atoms with Crippen LogP contribution in [0.1, 0.15) is 6.92 Å². The molecule has 4 rings (SSSR count). The highest BCUT2D eigenvalue weighted by Crippen LogP contribution is 2.54. The van der Waals surface area contributed by atoms with Crippen LogP contribution in [-0.4, -0.2) is 23.6 Å². The molecule has 0 fully saturated rings. The van der Waals surface area contributed by atoms with Gasteiger partial charge in [-0.3, -0.25) is 4.79 Å². The second-order valence-corrected chi connectivity index (χ2v) is 15.8. The molecule has 0 bridgehead atoms. The van der Waals surface area contributed by atoms with Gasteiger partial charge in [-0.2, -0.15) is 0 Å². The van der Waals surface area contributed by atoms with Gasteiger partial charge >= 0.3 is 5.97 Å². The fourth-order valence-electron chi connectivity index (χ4n) is 3.47. The van der Waals surface area contributed by atoms with Gasteiger partial charge < -0.3 is 4.74 Å². The van der Waals surface area contributed by atoms with Crippen molar-refractivity contribution in [2.45, 2.75) is 12.2 Å². The average Bonchev–Trinajstić information content (AvgIpc) is 2.93. The number of benzene rings is 4. The molecule has 4 aromatic rings. The lowest BCUT2D eigenvalue weighted by Gasteiger charge is -2.25. The molecule has 0 aliphatic heterocycles. The molecular formula is C29H28O2P2S2. The minimum absolute atomic E-state index is 0.125. The Balaban J connectivity index is 1.61. The number of esters is 1. The minimum atomic E-state index is -0.763. The highest BCUT2D eigenvalue weighted by molar-refractivity contribution is 8.62. The molecule has 0 N–H and O–H groups in total. The predicted octanol–water partition coefficient (Wildman–Crippen LogP) is 6.48. The maximum Gasteiger partial charge on any atom is 0.320 e. The van der Waals surface area contributed by atoms with Gasteiger partial charge in [0.25, 0.3) is 0 Å². The van der Waals surface area contributed by atoms with Gasteiger partial charge in [-0.15, -0.1) is 22.8 Å². The summed E-state index contributed by atoms with van der Waals surface area (Å²) in [5, 5.41) is 4.86. The largest absolute Gasteiger partial charge is 0.465 e. The number of hydrogen-bond donors (Lipinski definition) is 0. The second kappa shape index (κ2) is 13.9. The summed E-state index contributed by atoms with van der Waals surface area (Å²) in [6.07, 6.45) is 0. The van der Waals surface area contributed by atoms with Crippen LogP contribution in [0, 0.1) is 0 Å². The van der Waals surface area contributed by atoms with Gasteiger partial charge in [-0.05, 0) is 28.1 Å². The lowest BCUT2D eigenvalue weighted by molar-refractivity contribution is -0.141. The number of ether oxygens (including phenoxy) is 1. The summed E-state index contributed by atoms with van der Waals surface area (Å²) in [6.45, 7) is 2.27. The fourth-order valence-corrected chi connectivity index (χ4v) is 13.5. The smallest absolute Gasteiger partial charge is 0.320 e. The van der Waals surface area contributed by atoms with E-state index in [-0.39, 0.29) is 11.2 Å². The molecule has 0 heterocycles. The highest BCUT2D eigenvalue weighted by atomic mass is 32.7. The van der Waals surface area contributed by atoms with Crippen molar-refractivity contribution in [3.05, 3.63) is 121 Å². The second-order valence-electron chi connectivity index (χ2n) is 7.57. The van der Waals surface area contributed by atoms with Crippen molar-refractivity contribution in [3.8, 4) is 0 Å². The lowest BCUT2D eigenvalue weighted by atomic mass is 10.4. The van der Waals surface area contributed by atoms with E-state index in [0.29, 0.717) is 12.4 Å². The lowest BCUT2D eigenvalue weighted by Crippen LogP contribution is -2.25. The molecule has 2 nitrogen and oxygen atoms in total. The molecule has 1 unspecified atom stereocenters. The molecule has 0 aromatic heterocycles. The van der Waals surface area contributed by atoms with E-state index in [2.05, 4.69) is 109 Å². The summed E-state index contributed by atoms with van der Waals surface area (Å²) in [7, 11) is -1.41. The van der Waals surface area contributed by atoms with Crippen molar-refractivity contribution < 1.29 is 9.53 Å². The zero-order valence-electron chi connectivity index (χ0n) is 19.6. The molecule has 0 spiro atoms. The summed E-state index contributed by atoms with van der Waals surface area (Å²) in [4.78, 5) is 13.2. The first kappa shape index (κ1) is 26.0. The molecule has 0 aliphatic rings. The van der Waals surface area contributed by atoms with Crippen LogP contribution in [0.4, 0.5) is 0 Å². The molecule has 35 heavy (non-hydrogen) atoms. The van der Waals surface area contributed by atoms with Gasteiger partial charge in [0.2, 0.25) is 0 Å². The Bertz CT molecular complexity index is 1080. The van der Waals surface area contributed by atoms with Crippen molar-refractivity contribution in [1.29, 1.82) is 0 Å². The van der Waals surface area contributed by atoms with Crippen LogP contribution in [0.25, 0.3) is 0 Å². The van der Waals surface area contributed by atoms with E-state index in [1.54, 1.807) is 11.4 Å². The van der Waals surface area contributed by atoms with Crippen molar-refractivity contribution >= 4 is 64.2 Å². The molecule has 0 saturated carbocycles. The fraction of sp³-hybridized carbons (Fsp3) is 0.138. The van der Waals surface area contributed by atoms with Crippen LogP contribution >= 0.6 is 37.0 Å². The quantitative estimate of drug-likeness (QED) is 0.163. The molecule has 0 aliphatic carbocycles. The molecule has 0 amide bonds. The summed E-state index contributed by atoms with van der Waals surface area (Å²) >= 11 is 3.63. The third-order valence-electron chi connectivity index (χ3n) is 5.10. The van der Waals surface area contributed by atoms with Crippen LogP contribution in [0.2, 0.25) is 0 Å².